The molecule has 0 bridgehead atoms. The molecule has 3 rings (SSSR count). The van der Waals surface area contributed by atoms with Crippen LogP contribution in [-0.2, 0) is 23.3 Å². The average Bonchev–Trinajstić information content (AvgIpc) is 3.03. The second kappa shape index (κ2) is 17.2. The maximum absolute atomic E-state index is 12.9. The van der Waals surface area contributed by atoms with Gasteiger partial charge in [-0.25, -0.2) is 16.5 Å². The first-order chi connectivity index (χ1) is 9.16. The third-order valence-electron chi connectivity index (χ3n) is 2.47. The Hall–Kier alpha value is 0.400. The minimum absolute atomic E-state index is 0. The van der Waals surface area contributed by atoms with Crippen LogP contribution in [0.3, 0.4) is 0 Å². The Morgan fingerprint density at radius 2 is 1.83 bits per heavy atom. The third-order valence-corrected chi connectivity index (χ3v) is 3.12. The van der Waals surface area contributed by atoms with Crippen molar-refractivity contribution in [2.75, 3.05) is 0 Å². The summed E-state index contributed by atoms with van der Waals surface area (Å²) in [6, 6.07) is 7.05. The second-order valence-electron chi connectivity index (χ2n) is 3.93. The molecule has 128 valence electrons. The first kappa shape index (κ1) is 31.2. The van der Waals surface area contributed by atoms with Crippen molar-refractivity contribution < 1.29 is 27.7 Å². The zero-order chi connectivity index (χ0) is 14.3. The Labute approximate surface area is 177 Å². The summed E-state index contributed by atoms with van der Waals surface area (Å²) in [5.41, 5.74) is 1.16. The summed E-state index contributed by atoms with van der Waals surface area (Å²) in [7, 11) is 0. The number of rotatable bonds is 0. The number of fused-ring (bicyclic) bond motifs is 1. The van der Waals surface area contributed by atoms with Gasteiger partial charge in [-0.05, 0) is 10.5 Å². The zero-order valence-corrected chi connectivity index (χ0v) is 20.0. The molecule has 2 aromatic rings. The van der Waals surface area contributed by atoms with Gasteiger partial charge in [0.15, 0.2) is 0 Å². The SMILES string of the molecule is Cc1cc2c(Br)cc(F)cc2[cH-]1.Cl.Cl.[C-]1=CC=CC1.[CH3-].[CH3-].[Si]=[Zr]. The number of benzene rings is 1. The summed E-state index contributed by atoms with van der Waals surface area (Å²) in [6.07, 6.45) is 10.0. The summed E-state index contributed by atoms with van der Waals surface area (Å²) in [5, 5.41) is 2.04. The molecule has 0 aromatic heterocycles. The molecule has 0 heterocycles. The van der Waals surface area contributed by atoms with Gasteiger partial charge in [-0.3, -0.25) is 6.08 Å². The van der Waals surface area contributed by atoms with Gasteiger partial charge in [0.05, 0.1) is 5.82 Å². The van der Waals surface area contributed by atoms with Crippen LogP contribution in [0.5, 0.6) is 0 Å². The van der Waals surface area contributed by atoms with E-state index in [1.165, 1.54) is 29.4 Å². The Kier molecular flexibility index (Phi) is 23.4. The topological polar surface area (TPSA) is 0 Å². The van der Waals surface area contributed by atoms with Crippen molar-refractivity contribution in [3.63, 3.8) is 0 Å². The Morgan fingerprint density at radius 1 is 1.22 bits per heavy atom. The van der Waals surface area contributed by atoms with E-state index in [0.717, 1.165) is 27.2 Å². The Morgan fingerprint density at radius 3 is 2.26 bits per heavy atom. The van der Waals surface area contributed by atoms with E-state index in [-0.39, 0.29) is 45.5 Å². The Balaban J connectivity index is -0.000000143. The number of aryl methyl sites for hydroxylation is 1. The molecule has 6 heteroatoms. The van der Waals surface area contributed by atoms with Crippen molar-refractivity contribution in [2.24, 2.45) is 0 Å². The summed E-state index contributed by atoms with van der Waals surface area (Å²) < 4.78 is 13.7. The number of halogens is 4. The molecule has 0 atom stereocenters. The summed E-state index contributed by atoms with van der Waals surface area (Å²) in [6.45, 7) is 5.07. The van der Waals surface area contributed by atoms with Gasteiger partial charge >= 0.3 is 30.2 Å². The van der Waals surface area contributed by atoms with Crippen LogP contribution < -0.4 is 0 Å². The van der Waals surface area contributed by atoms with E-state index in [0.29, 0.717) is 0 Å². The molecule has 0 unspecified atom stereocenters. The normalized spacial score (nSPS) is 9.65. The van der Waals surface area contributed by atoms with Crippen molar-refractivity contribution in [3.05, 3.63) is 79.3 Å². The molecule has 0 nitrogen and oxygen atoms in total. The number of hydrogen-bond acceptors (Lipinski definition) is 0. The zero-order valence-electron chi connectivity index (χ0n) is 13.3. The molecular formula is C17H20BrCl2FSiZr-4. The molecule has 2 radical (unpaired) electrons. The van der Waals surface area contributed by atoms with Crippen LogP contribution in [0.4, 0.5) is 4.39 Å². The fourth-order valence-electron chi connectivity index (χ4n) is 1.73. The van der Waals surface area contributed by atoms with Crippen LogP contribution in [0.25, 0.3) is 10.8 Å². The molecule has 23 heavy (non-hydrogen) atoms. The van der Waals surface area contributed by atoms with Gasteiger partial charge < -0.3 is 14.9 Å². The van der Waals surface area contributed by atoms with Gasteiger partial charge in [0.25, 0.3) is 0 Å². The van der Waals surface area contributed by atoms with Gasteiger partial charge in [-0.2, -0.15) is 12.1 Å². The molecule has 0 aliphatic heterocycles. The van der Waals surface area contributed by atoms with Gasteiger partial charge in [-0.1, -0.05) is 28.9 Å². The van der Waals surface area contributed by atoms with Crippen molar-refractivity contribution in [3.8, 4) is 0 Å². The van der Waals surface area contributed by atoms with Crippen molar-refractivity contribution in [1.29, 1.82) is 0 Å². The molecule has 0 saturated carbocycles. The average molecular weight is 513 g/mol. The van der Waals surface area contributed by atoms with Crippen LogP contribution in [0.1, 0.15) is 12.0 Å². The predicted octanol–water partition coefficient (Wildman–Crippen LogP) is 6.44. The summed E-state index contributed by atoms with van der Waals surface area (Å²) in [4.78, 5) is 0. The van der Waals surface area contributed by atoms with Gasteiger partial charge in [-0.15, -0.1) is 53.6 Å². The minimum atomic E-state index is -0.194. The molecule has 1 aliphatic rings. The summed E-state index contributed by atoms with van der Waals surface area (Å²) >= 11 is 4.68. The second-order valence-corrected chi connectivity index (χ2v) is 4.78. The first-order valence-electron chi connectivity index (χ1n) is 5.65. The molecule has 0 amide bonds. The molecule has 0 spiro atoms. The first-order valence-corrected chi connectivity index (χ1v) is 10.6. The third kappa shape index (κ3) is 10.8. The molecular weight excluding hydrogens is 493 g/mol. The predicted molar refractivity (Wildman–Crippen MR) is 107 cm³/mol. The van der Waals surface area contributed by atoms with Crippen LogP contribution in [0.15, 0.2) is 47.0 Å². The van der Waals surface area contributed by atoms with Crippen LogP contribution in [0.2, 0.25) is 0 Å². The van der Waals surface area contributed by atoms with Crippen LogP contribution in [-0.4, -0.2) is 6.88 Å². The van der Waals surface area contributed by atoms with Gasteiger partial charge in [0.1, 0.15) is 0 Å². The maximum atomic E-state index is 12.9. The fraction of sp³-hybridized carbons (Fsp3) is 0.118. The quantitative estimate of drug-likeness (QED) is 0.281. The molecule has 0 N–H and O–H groups in total. The van der Waals surface area contributed by atoms with E-state index in [4.69, 9.17) is 0 Å². The van der Waals surface area contributed by atoms with E-state index in [1.807, 2.05) is 31.2 Å². The van der Waals surface area contributed by atoms with E-state index in [2.05, 4.69) is 35.0 Å². The van der Waals surface area contributed by atoms with Crippen molar-refractivity contribution >= 4 is 58.4 Å². The van der Waals surface area contributed by atoms with Gasteiger partial charge in [0.2, 0.25) is 0 Å². The van der Waals surface area contributed by atoms with Crippen LogP contribution in [0, 0.1) is 33.7 Å². The Bertz CT molecular complexity index is 602. The number of hydrogen-bond donors (Lipinski definition) is 0. The van der Waals surface area contributed by atoms with Crippen LogP contribution >= 0.6 is 40.7 Å². The molecule has 0 saturated heterocycles. The van der Waals surface area contributed by atoms with E-state index >= 15 is 0 Å². The monoisotopic (exact) mass is 510 g/mol. The van der Waals surface area contributed by atoms with Gasteiger partial charge in [0, 0.05) is 0 Å². The molecule has 0 fully saturated rings. The molecule has 1 aliphatic carbocycles. The van der Waals surface area contributed by atoms with E-state index in [1.54, 1.807) is 6.07 Å². The van der Waals surface area contributed by atoms with E-state index < -0.39 is 0 Å². The van der Waals surface area contributed by atoms with Crippen molar-refractivity contribution in [1.82, 2.24) is 0 Å². The summed E-state index contributed by atoms with van der Waals surface area (Å²) in [5.74, 6) is -0.194. The van der Waals surface area contributed by atoms with E-state index in [9.17, 15) is 4.39 Å². The fourth-order valence-corrected chi connectivity index (χ4v) is 2.29. The standard InChI is InChI=1S/C10H7BrF.C5H5.2CH3.2ClH.Si.Zr/c1-6-2-7-4-8(12)5-10(11)9(7)3-6;1-2-4-5-3-1;;;;;;/h2-5H,1H3;1-3H,4H2;2*1H3;2*1H;;/q4*-1;;;;. The molecule has 2 aromatic carbocycles. The van der Waals surface area contributed by atoms with Crippen molar-refractivity contribution in [2.45, 2.75) is 13.3 Å². The number of allylic oxidation sites excluding steroid dienone is 4.